The minimum absolute atomic E-state index is 1.01. The lowest BCUT2D eigenvalue weighted by molar-refractivity contribution is 1.26. The number of hydrogen-bond donors (Lipinski definition) is 0. The highest BCUT2D eigenvalue weighted by Gasteiger charge is 2.18. The molecule has 39 heavy (non-hydrogen) atoms. The molecule has 1 nitrogen and oxygen atoms in total. The molecule has 0 atom stereocenters. The number of anilines is 3. The lowest BCUT2D eigenvalue weighted by Gasteiger charge is -2.26. The molecule has 186 valence electrons. The second-order valence-corrected chi connectivity index (χ2v) is 10.3. The van der Waals surface area contributed by atoms with Crippen LogP contribution in [0.3, 0.4) is 0 Å². The van der Waals surface area contributed by atoms with Crippen LogP contribution in [-0.2, 0) is 6.42 Å². The van der Waals surface area contributed by atoms with Gasteiger partial charge in [0.05, 0.1) is 0 Å². The van der Waals surface area contributed by atoms with Crippen molar-refractivity contribution in [1.29, 1.82) is 0 Å². The molecule has 1 heteroatoms. The van der Waals surface area contributed by atoms with Gasteiger partial charge in [0.1, 0.15) is 0 Å². The minimum Gasteiger partial charge on any atom is -0.311 e. The zero-order valence-corrected chi connectivity index (χ0v) is 22.0. The monoisotopic (exact) mass is 499 g/mol. The van der Waals surface area contributed by atoms with Gasteiger partial charge in [0.2, 0.25) is 0 Å². The van der Waals surface area contributed by atoms with Crippen molar-refractivity contribution in [3.05, 3.63) is 162 Å². The first-order valence-corrected chi connectivity index (χ1v) is 13.6. The smallest absolute Gasteiger partial charge is 0.0462 e. The van der Waals surface area contributed by atoms with Crippen LogP contribution >= 0.6 is 0 Å². The molecule has 0 saturated carbocycles. The zero-order valence-electron chi connectivity index (χ0n) is 22.0. The molecular weight excluding hydrogens is 470 g/mol. The maximum Gasteiger partial charge on any atom is 0.0462 e. The number of hydrogen-bond acceptors (Lipinski definition) is 1. The molecule has 0 fully saturated rings. The molecule has 0 bridgehead atoms. The third-order valence-corrected chi connectivity index (χ3v) is 7.78. The predicted octanol–water partition coefficient (Wildman–Crippen LogP) is 10.4. The third kappa shape index (κ3) is 4.43. The van der Waals surface area contributed by atoms with Gasteiger partial charge < -0.3 is 4.90 Å². The summed E-state index contributed by atoms with van der Waals surface area (Å²) in [7, 11) is 0. The van der Waals surface area contributed by atoms with E-state index in [9.17, 15) is 0 Å². The zero-order chi connectivity index (χ0) is 26.2. The number of aryl methyl sites for hydroxylation is 1. The molecule has 0 aliphatic heterocycles. The Kier molecular flexibility index (Phi) is 5.83. The van der Waals surface area contributed by atoms with Crippen LogP contribution in [0.1, 0.15) is 16.7 Å². The largest absolute Gasteiger partial charge is 0.311 e. The summed E-state index contributed by atoms with van der Waals surface area (Å²) in [5.41, 5.74) is 15.2. The maximum atomic E-state index is 2.37. The summed E-state index contributed by atoms with van der Waals surface area (Å²) in [6, 6.07) is 52.8. The van der Waals surface area contributed by atoms with E-state index < -0.39 is 0 Å². The normalized spacial score (nSPS) is 11.6. The van der Waals surface area contributed by atoms with Crippen LogP contribution < -0.4 is 4.90 Å². The van der Waals surface area contributed by atoms with Gasteiger partial charge in [-0.05, 0) is 94.3 Å². The highest BCUT2D eigenvalue weighted by atomic mass is 15.1. The quantitative estimate of drug-likeness (QED) is 0.228. The van der Waals surface area contributed by atoms with Crippen molar-refractivity contribution in [3.63, 3.8) is 0 Å². The molecule has 0 amide bonds. The minimum atomic E-state index is 1.01. The van der Waals surface area contributed by atoms with Crippen LogP contribution in [0.4, 0.5) is 17.1 Å². The first kappa shape index (κ1) is 23.3. The first-order chi connectivity index (χ1) is 19.2. The fourth-order valence-electron chi connectivity index (χ4n) is 5.70. The van der Waals surface area contributed by atoms with Crippen molar-refractivity contribution in [2.24, 2.45) is 0 Å². The Morgan fingerprint density at radius 2 is 0.897 bits per heavy atom. The average Bonchev–Trinajstić information content (AvgIpc) is 3.37. The van der Waals surface area contributed by atoms with E-state index in [1.165, 1.54) is 50.1 Å². The average molecular weight is 500 g/mol. The molecule has 1 aliphatic rings. The number of rotatable bonds is 5. The van der Waals surface area contributed by atoms with Gasteiger partial charge in [0.15, 0.2) is 0 Å². The second kappa shape index (κ2) is 9.78. The van der Waals surface area contributed by atoms with Crippen LogP contribution in [0, 0.1) is 6.92 Å². The van der Waals surface area contributed by atoms with Crippen molar-refractivity contribution in [2.45, 2.75) is 13.3 Å². The molecule has 7 rings (SSSR count). The van der Waals surface area contributed by atoms with E-state index in [2.05, 4.69) is 157 Å². The summed E-state index contributed by atoms with van der Waals surface area (Å²) in [6.07, 6.45) is 1.01. The standard InChI is InChI=1S/C38H29N/c1-27-11-18-34(19-12-27)39(35-20-13-29(14-21-35)28-7-3-2-4-8-28)36-22-15-30(16-23-36)31-17-24-38-33(25-31)26-32-9-5-6-10-37(32)38/h2-25H,26H2,1H3. The van der Waals surface area contributed by atoms with E-state index in [1.54, 1.807) is 0 Å². The fraction of sp³-hybridized carbons (Fsp3) is 0.0526. The Bertz CT molecular complexity index is 1750. The molecule has 6 aromatic carbocycles. The summed E-state index contributed by atoms with van der Waals surface area (Å²) in [6.45, 7) is 2.13. The molecule has 0 heterocycles. The van der Waals surface area contributed by atoms with Gasteiger partial charge in [-0.3, -0.25) is 0 Å². The van der Waals surface area contributed by atoms with Crippen LogP contribution in [0.15, 0.2) is 146 Å². The lowest BCUT2D eigenvalue weighted by atomic mass is 9.99. The van der Waals surface area contributed by atoms with Gasteiger partial charge in [-0.1, -0.05) is 115 Å². The van der Waals surface area contributed by atoms with Gasteiger partial charge in [0, 0.05) is 17.1 Å². The first-order valence-electron chi connectivity index (χ1n) is 13.6. The highest BCUT2D eigenvalue weighted by Crippen LogP contribution is 2.40. The second-order valence-electron chi connectivity index (χ2n) is 10.3. The van der Waals surface area contributed by atoms with E-state index in [0.29, 0.717) is 0 Å². The molecular formula is C38H29N. The van der Waals surface area contributed by atoms with Crippen LogP contribution in [0.25, 0.3) is 33.4 Å². The number of nitrogens with zero attached hydrogens (tertiary/aromatic N) is 1. The van der Waals surface area contributed by atoms with Gasteiger partial charge in [-0.25, -0.2) is 0 Å². The van der Waals surface area contributed by atoms with Crippen molar-refractivity contribution >= 4 is 17.1 Å². The van der Waals surface area contributed by atoms with Crippen LogP contribution in [0.5, 0.6) is 0 Å². The summed E-state index contributed by atoms with van der Waals surface area (Å²) in [5, 5.41) is 0. The third-order valence-electron chi connectivity index (χ3n) is 7.78. The molecule has 1 aliphatic carbocycles. The van der Waals surface area contributed by atoms with Gasteiger partial charge in [-0.15, -0.1) is 0 Å². The molecule has 0 aromatic heterocycles. The molecule has 0 N–H and O–H groups in total. The fourth-order valence-corrected chi connectivity index (χ4v) is 5.70. The molecule has 0 spiro atoms. The van der Waals surface area contributed by atoms with E-state index >= 15 is 0 Å². The number of fused-ring (bicyclic) bond motifs is 3. The Morgan fingerprint density at radius 1 is 0.410 bits per heavy atom. The van der Waals surface area contributed by atoms with Crippen molar-refractivity contribution in [2.75, 3.05) is 4.90 Å². The number of benzene rings is 6. The van der Waals surface area contributed by atoms with Gasteiger partial charge in [0.25, 0.3) is 0 Å². The van der Waals surface area contributed by atoms with Crippen LogP contribution in [-0.4, -0.2) is 0 Å². The Balaban J connectivity index is 1.22. The van der Waals surface area contributed by atoms with E-state index in [1.807, 2.05) is 0 Å². The molecule has 0 radical (unpaired) electrons. The lowest BCUT2D eigenvalue weighted by Crippen LogP contribution is -2.09. The van der Waals surface area contributed by atoms with Crippen molar-refractivity contribution < 1.29 is 0 Å². The van der Waals surface area contributed by atoms with Crippen LogP contribution in [0.2, 0.25) is 0 Å². The maximum absolute atomic E-state index is 2.37. The van der Waals surface area contributed by atoms with Gasteiger partial charge >= 0.3 is 0 Å². The Labute approximate surface area is 230 Å². The topological polar surface area (TPSA) is 3.24 Å². The Hall–Kier alpha value is -4.88. The highest BCUT2D eigenvalue weighted by molar-refractivity contribution is 5.82. The predicted molar refractivity (Wildman–Crippen MR) is 165 cm³/mol. The molecule has 0 saturated heterocycles. The van der Waals surface area contributed by atoms with Crippen molar-refractivity contribution in [3.8, 4) is 33.4 Å². The van der Waals surface area contributed by atoms with Gasteiger partial charge in [-0.2, -0.15) is 0 Å². The van der Waals surface area contributed by atoms with E-state index in [4.69, 9.17) is 0 Å². The molecule has 6 aromatic rings. The summed E-state index contributed by atoms with van der Waals surface area (Å²) < 4.78 is 0. The van der Waals surface area contributed by atoms with E-state index in [0.717, 1.165) is 23.5 Å². The van der Waals surface area contributed by atoms with E-state index in [-0.39, 0.29) is 0 Å². The summed E-state index contributed by atoms with van der Waals surface area (Å²) in [4.78, 5) is 2.33. The molecule has 0 unspecified atom stereocenters. The Morgan fingerprint density at radius 3 is 1.56 bits per heavy atom. The SMILES string of the molecule is Cc1ccc(N(c2ccc(-c3ccccc3)cc2)c2ccc(-c3ccc4c(c3)Cc3ccccc3-4)cc2)cc1. The van der Waals surface area contributed by atoms with Crippen molar-refractivity contribution in [1.82, 2.24) is 0 Å². The summed E-state index contributed by atoms with van der Waals surface area (Å²) in [5.74, 6) is 0. The summed E-state index contributed by atoms with van der Waals surface area (Å²) >= 11 is 0.